The molecule has 0 radical (unpaired) electrons. The first-order valence-electron chi connectivity index (χ1n) is 6.19. The summed E-state index contributed by atoms with van der Waals surface area (Å²) in [5.74, 6) is -0.662. The third-order valence-electron chi connectivity index (χ3n) is 3.74. The summed E-state index contributed by atoms with van der Waals surface area (Å²) >= 11 is 0. The Kier molecular flexibility index (Phi) is 2.37. The second-order valence-electron chi connectivity index (χ2n) is 5.24. The van der Waals surface area contributed by atoms with Crippen molar-refractivity contribution in [2.24, 2.45) is 5.41 Å². The van der Waals surface area contributed by atoms with Crippen LogP contribution in [0.4, 0.5) is 0 Å². The topological polar surface area (TPSA) is 50.2 Å². The third-order valence-corrected chi connectivity index (χ3v) is 3.74. The smallest absolute Gasteiger partial charge is 0.309 e. The van der Waals surface area contributed by atoms with Crippen LogP contribution in [0, 0.1) is 12.3 Å². The normalized spacial score (nSPS) is 16.7. The lowest BCUT2D eigenvalue weighted by atomic mass is 9.95. The number of nitrogens with zero attached hydrogens (tertiary/aromatic N) is 1. The summed E-state index contributed by atoms with van der Waals surface area (Å²) in [4.78, 5) is 15.6. The van der Waals surface area contributed by atoms with Gasteiger partial charge in [-0.1, -0.05) is 12.1 Å². The molecule has 1 N–H and O–H groups in total. The van der Waals surface area contributed by atoms with Gasteiger partial charge in [0.15, 0.2) is 0 Å². The van der Waals surface area contributed by atoms with Crippen molar-refractivity contribution in [1.29, 1.82) is 0 Å². The van der Waals surface area contributed by atoms with Gasteiger partial charge < -0.3 is 5.11 Å². The average molecular weight is 241 g/mol. The minimum absolute atomic E-state index is 0.494. The molecule has 1 fully saturated rings. The highest BCUT2D eigenvalue weighted by Gasteiger charge is 2.49. The molecule has 1 aromatic carbocycles. The van der Waals surface area contributed by atoms with Crippen LogP contribution in [-0.4, -0.2) is 16.1 Å². The number of hydrogen-bond acceptors (Lipinski definition) is 2. The lowest BCUT2D eigenvalue weighted by Gasteiger charge is -2.10. The molecule has 1 saturated carbocycles. The van der Waals surface area contributed by atoms with Crippen molar-refractivity contribution >= 4 is 16.9 Å². The number of aliphatic carboxylic acids is 1. The molecule has 0 atom stereocenters. The number of benzene rings is 1. The molecule has 18 heavy (non-hydrogen) atoms. The summed E-state index contributed by atoms with van der Waals surface area (Å²) in [6.45, 7) is 1.97. The molecule has 1 aliphatic rings. The number of carboxylic acid groups (broad SMARTS) is 1. The van der Waals surface area contributed by atoms with Crippen LogP contribution in [0.3, 0.4) is 0 Å². The van der Waals surface area contributed by atoms with Crippen LogP contribution in [-0.2, 0) is 11.2 Å². The van der Waals surface area contributed by atoms with Gasteiger partial charge in [-0.2, -0.15) is 0 Å². The number of fused-ring (bicyclic) bond motifs is 1. The van der Waals surface area contributed by atoms with Crippen molar-refractivity contribution in [3.8, 4) is 0 Å². The molecule has 3 heteroatoms. The van der Waals surface area contributed by atoms with Gasteiger partial charge in [0.25, 0.3) is 0 Å². The summed E-state index contributed by atoms with van der Waals surface area (Å²) < 4.78 is 0. The second kappa shape index (κ2) is 3.80. The van der Waals surface area contributed by atoms with E-state index in [9.17, 15) is 9.90 Å². The van der Waals surface area contributed by atoms with Crippen LogP contribution in [0.25, 0.3) is 10.9 Å². The van der Waals surface area contributed by atoms with E-state index in [4.69, 9.17) is 0 Å². The van der Waals surface area contributed by atoms with E-state index in [0.29, 0.717) is 6.42 Å². The zero-order valence-electron chi connectivity index (χ0n) is 10.3. The Morgan fingerprint density at radius 3 is 2.78 bits per heavy atom. The Morgan fingerprint density at radius 1 is 1.33 bits per heavy atom. The van der Waals surface area contributed by atoms with Crippen LogP contribution in [0.1, 0.15) is 24.1 Å². The van der Waals surface area contributed by atoms with Crippen molar-refractivity contribution in [3.63, 3.8) is 0 Å². The van der Waals surface area contributed by atoms with E-state index in [2.05, 4.69) is 11.1 Å². The standard InChI is InChI=1S/C15H15NO2/c1-10-2-4-12-8-11(3-5-13(12)16-10)9-15(6-7-15)14(17)18/h2-5,8H,6-7,9H2,1H3,(H,17,18). The number of rotatable bonds is 3. The van der Waals surface area contributed by atoms with E-state index >= 15 is 0 Å². The minimum atomic E-state index is -0.662. The molecule has 92 valence electrons. The molecule has 0 aliphatic heterocycles. The number of hydrogen-bond donors (Lipinski definition) is 1. The molecule has 3 nitrogen and oxygen atoms in total. The van der Waals surface area contributed by atoms with Gasteiger partial charge in [-0.3, -0.25) is 9.78 Å². The van der Waals surface area contributed by atoms with Gasteiger partial charge in [0.05, 0.1) is 10.9 Å². The van der Waals surface area contributed by atoms with E-state index in [-0.39, 0.29) is 0 Å². The molecule has 1 aromatic heterocycles. The van der Waals surface area contributed by atoms with Gasteiger partial charge in [-0.25, -0.2) is 0 Å². The molecular formula is C15H15NO2. The summed E-state index contributed by atoms with van der Waals surface area (Å²) in [6.07, 6.45) is 2.23. The van der Waals surface area contributed by atoms with Crippen molar-refractivity contribution in [2.45, 2.75) is 26.2 Å². The fourth-order valence-electron chi connectivity index (χ4n) is 2.39. The predicted octanol–water partition coefficient (Wildman–Crippen LogP) is 2.95. The van der Waals surface area contributed by atoms with Crippen molar-refractivity contribution in [1.82, 2.24) is 4.98 Å². The van der Waals surface area contributed by atoms with Crippen LogP contribution < -0.4 is 0 Å². The van der Waals surface area contributed by atoms with Crippen LogP contribution in [0.2, 0.25) is 0 Å². The Bertz CT molecular complexity index is 629. The molecule has 3 rings (SSSR count). The first-order chi connectivity index (χ1) is 8.59. The van der Waals surface area contributed by atoms with Gasteiger partial charge in [0.1, 0.15) is 0 Å². The van der Waals surface area contributed by atoms with Crippen LogP contribution in [0.5, 0.6) is 0 Å². The monoisotopic (exact) mass is 241 g/mol. The maximum Gasteiger partial charge on any atom is 0.309 e. The van der Waals surface area contributed by atoms with Crippen molar-refractivity contribution < 1.29 is 9.90 Å². The van der Waals surface area contributed by atoms with E-state index < -0.39 is 11.4 Å². The minimum Gasteiger partial charge on any atom is -0.481 e. The molecule has 0 unspecified atom stereocenters. The number of carboxylic acids is 1. The summed E-state index contributed by atoms with van der Waals surface area (Å²) in [5.41, 5.74) is 2.57. The zero-order chi connectivity index (χ0) is 12.8. The molecule has 2 aromatic rings. The average Bonchev–Trinajstić information content (AvgIpc) is 3.10. The summed E-state index contributed by atoms with van der Waals surface area (Å²) in [7, 11) is 0. The molecule has 0 amide bonds. The molecule has 1 aliphatic carbocycles. The molecule has 0 bridgehead atoms. The fraction of sp³-hybridized carbons (Fsp3) is 0.333. The highest BCUT2D eigenvalue weighted by Crippen LogP contribution is 2.48. The quantitative estimate of drug-likeness (QED) is 0.898. The third kappa shape index (κ3) is 1.86. The van der Waals surface area contributed by atoms with Crippen LogP contribution in [0.15, 0.2) is 30.3 Å². The largest absolute Gasteiger partial charge is 0.481 e. The Hall–Kier alpha value is -1.90. The van der Waals surface area contributed by atoms with E-state index in [1.807, 2.05) is 31.2 Å². The Morgan fingerprint density at radius 2 is 2.11 bits per heavy atom. The Balaban J connectivity index is 1.94. The maximum absolute atomic E-state index is 11.2. The first kappa shape index (κ1) is 11.2. The number of carbonyl (C=O) groups is 1. The molecule has 0 saturated heterocycles. The van der Waals surface area contributed by atoms with Crippen LogP contribution >= 0.6 is 0 Å². The fourth-order valence-corrected chi connectivity index (χ4v) is 2.39. The predicted molar refractivity (Wildman–Crippen MR) is 69.5 cm³/mol. The Labute approximate surface area is 105 Å². The van der Waals surface area contributed by atoms with Gasteiger partial charge >= 0.3 is 5.97 Å². The summed E-state index contributed by atoms with van der Waals surface area (Å²) in [6, 6.07) is 10.1. The number of aryl methyl sites for hydroxylation is 1. The number of pyridine rings is 1. The van der Waals surface area contributed by atoms with Crippen molar-refractivity contribution in [2.75, 3.05) is 0 Å². The molecular weight excluding hydrogens is 226 g/mol. The van der Waals surface area contributed by atoms with Gasteiger partial charge in [-0.15, -0.1) is 0 Å². The van der Waals surface area contributed by atoms with Crippen molar-refractivity contribution in [3.05, 3.63) is 41.6 Å². The highest BCUT2D eigenvalue weighted by atomic mass is 16.4. The lowest BCUT2D eigenvalue weighted by molar-refractivity contribution is -0.143. The van der Waals surface area contributed by atoms with E-state index in [1.54, 1.807) is 0 Å². The van der Waals surface area contributed by atoms with Gasteiger partial charge in [0.2, 0.25) is 0 Å². The van der Waals surface area contributed by atoms with E-state index in [0.717, 1.165) is 35.0 Å². The zero-order valence-corrected chi connectivity index (χ0v) is 10.3. The lowest BCUT2D eigenvalue weighted by Crippen LogP contribution is -2.17. The molecule has 0 spiro atoms. The summed E-state index contributed by atoms with van der Waals surface area (Å²) in [5, 5.41) is 10.3. The molecule has 1 heterocycles. The second-order valence-corrected chi connectivity index (χ2v) is 5.24. The maximum atomic E-state index is 11.2. The van der Waals surface area contributed by atoms with E-state index in [1.165, 1.54) is 0 Å². The van der Waals surface area contributed by atoms with Gasteiger partial charge in [0, 0.05) is 11.1 Å². The highest BCUT2D eigenvalue weighted by molar-refractivity contribution is 5.81. The van der Waals surface area contributed by atoms with Gasteiger partial charge in [-0.05, 0) is 49.9 Å². The SMILES string of the molecule is Cc1ccc2cc(CC3(C(=O)O)CC3)ccc2n1. The first-order valence-corrected chi connectivity index (χ1v) is 6.19. The number of aromatic nitrogens is 1.